The van der Waals surface area contributed by atoms with Crippen molar-refractivity contribution >= 4 is 91.7 Å². The van der Waals surface area contributed by atoms with Crippen molar-refractivity contribution in [1.82, 2.24) is 30.0 Å². The van der Waals surface area contributed by atoms with Gasteiger partial charge in [0.2, 0.25) is 6.08 Å². The molecule has 2 amide bonds. The Hall–Kier alpha value is -4.43. The van der Waals surface area contributed by atoms with Gasteiger partial charge < -0.3 is 45.5 Å². The molecular formula is C54H64Cl4N8O4. The third-order valence-electron chi connectivity index (χ3n) is 14.7. The molecule has 2 unspecified atom stereocenters. The largest absolute Gasteiger partial charge is 0.392 e. The Labute approximate surface area is 430 Å². The molecule has 12 nitrogen and oxygen atoms in total. The van der Waals surface area contributed by atoms with E-state index in [1.165, 1.54) is 57.9 Å². The first-order valence-electron chi connectivity index (χ1n) is 24.7. The van der Waals surface area contributed by atoms with Crippen molar-refractivity contribution in [3.8, 4) is 0 Å². The van der Waals surface area contributed by atoms with Crippen molar-refractivity contribution in [3.63, 3.8) is 0 Å². The summed E-state index contributed by atoms with van der Waals surface area (Å²) in [5.74, 6) is 1.91. The number of urea groups is 1. The van der Waals surface area contributed by atoms with Crippen LogP contribution in [0.5, 0.6) is 0 Å². The number of nitrogens with one attached hydrogen (secondary N) is 4. The molecule has 372 valence electrons. The van der Waals surface area contributed by atoms with Crippen LogP contribution in [-0.2, 0) is 4.79 Å². The molecule has 0 radical (unpaired) electrons. The average molecular weight is 1030 g/mol. The minimum atomic E-state index is -0.361. The van der Waals surface area contributed by atoms with Crippen molar-refractivity contribution in [2.75, 3.05) is 70.8 Å². The number of hydrogen-bond donors (Lipinski definition) is 6. The lowest BCUT2D eigenvalue weighted by Crippen LogP contribution is -2.46. The molecule has 10 rings (SSSR count). The summed E-state index contributed by atoms with van der Waals surface area (Å²) >= 11 is 23.2. The molecule has 16 heteroatoms. The number of nitrogens with zero attached hydrogens (tertiary/aromatic N) is 4. The van der Waals surface area contributed by atoms with Crippen molar-refractivity contribution < 1.29 is 19.8 Å². The maximum atomic E-state index is 12.6. The van der Waals surface area contributed by atoms with Crippen molar-refractivity contribution in [1.29, 1.82) is 0 Å². The number of likely N-dealkylation sites (tertiary alicyclic amines) is 3. The van der Waals surface area contributed by atoms with Gasteiger partial charge in [0.05, 0.1) is 38.0 Å². The SMILES string of the molecule is O=C(Nc1ccc(Cl)c(Cl)c1)N1CCC(C(O)CN2CCC(c3c[nH]c4ccccc34)CC2)CC1.O=C=Nc1ccc(Cl)c(Cl)c1.OC(CN1CCC(c2c[nH]c3ccccc23)CC1)C1CCNCC1. The van der Waals surface area contributed by atoms with Crippen LogP contribution in [0.3, 0.4) is 0 Å². The van der Waals surface area contributed by atoms with Gasteiger partial charge in [0.1, 0.15) is 0 Å². The average Bonchev–Trinajstić information content (AvgIpc) is 4.03. The highest BCUT2D eigenvalue weighted by Gasteiger charge is 2.31. The van der Waals surface area contributed by atoms with Gasteiger partial charge in [-0.25, -0.2) is 9.59 Å². The van der Waals surface area contributed by atoms with Gasteiger partial charge in [0.25, 0.3) is 0 Å². The zero-order valence-electron chi connectivity index (χ0n) is 39.4. The van der Waals surface area contributed by atoms with Crippen LogP contribution < -0.4 is 10.6 Å². The van der Waals surface area contributed by atoms with Gasteiger partial charge in [-0.3, -0.25) is 0 Å². The molecule has 4 aliphatic rings. The van der Waals surface area contributed by atoms with Crippen LogP contribution in [0.15, 0.2) is 102 Å². The maximum absolute atomic E-state index is 12.6. The summed E-state index contributed by atoms with van der Waals surface area (Å²) in [6, 6.07) is 26.7. The maximum Gasteiger partial charge on any atom is 0.321 e. The second-order valence-corrected chi connectivity index (χ2v) is 20.8. The standard InChI is InChI=1S/C27H32Cl2N4O2.C20H29N3O.C7H3Cl2NO/c28-23-6-5-20(15-24(23)29)31-27(35)33-13-9-19(10-14-33)26(34)17-32-11-7-18(8-12-32)22-16-30-25-4-2-1-3-21(22)25;24-20(16-5-9-21-10-6-16)14-23-11-7-15(8-12-23)18-13-22-19-4-2-1-3-17(18)19;8-6-2-1-5(10-4-11)3-7(6)9/h1-6,15-16,18-19,26,30,34H,7-14,17H2,(H,31,35);1-4,13,15-16,20-22,24H,5-12,14H2;1-3H. The van der Waals surface area contributed by atoms with Crippen LogP contribution in [0.25, 0.3) is 21.8 Å². The van der Waals surface area contributed by atoms with E-state index in [1.54, 1.807) is 35.2 Å². The molecule has 4 aliphatic heterocycles. The van der Waals surface area contributed by atoms with Gasteiger partial charge in [-0.1, -0.05) is 82.8 Å². The zero-order chi connectivity index (χ0) is 49.0. The van der Waals surface area contributed by atoms with Gasteiger partial charge in [0, 0.05) is 66.1 Å². The molecule has 6 heterocycles. The zero-order valence-corrected chi connectivity index (χ0v) is 42.5. The van der Waals surface area contributed by atoms with E-state index in [0.29, 0.717) is 68.9 Å². The number of β-amino-alcohol motifs (C(OH)–C–C–N with tert-alkyl or cyclic N) is 2. The number of rotatable bonds is 10. The van der Waals surface area contributed by atoms with Gasteiger partial charge in [-0.05, 0) is 174 Å². The number of carbonyl (C=O) groups is 1. The van der Waals surface area contributed by atoms with Gasteiger partial charge >= 0.3 is 6.03 Å². The van der Waals surface area contributed by atoms with Crippen LogP contribution in [0.1, 0.15) is 74.3 Å². The summed E-state index contributed by atoms with van der Waals surface area (Å²) in [4.78, 5) is 39.3. The van der Waals surface area contributed by atoms with Gasteiger partial charge in [-0.2, -0.15) is 4.99 Å². The molecule has 4 aromatic carbocycles. The van der Waals surface area contributed by atoms with Crippen LogP contribution >= 0.6 is 46.4 Å². The number of fused-ring (bicyclic) bond motifs is 2. The molecule has 0 saturated carbocycles. The van der Waals surface area contributed by atoms with E-state index in [9.17, 15) is 19.8 Å². The Kier molecular flexibility index (Phi) is 18.8. The number of aliphatic imine (C=N–C) groups is 1. The summed E-state index contributed by atoms with van der Waals surface area (Å²) in [7, 11) is 0. The highest BCUT2D eigenvalue weighted by molar-refractivity contribution is 6.42. The molecule has 6 aromatic rings. The van der Waals surface area contributed by atoms with Gasteiger partial charge in [0.15, 0.2) is 0 Å². The minimum Gasteiger partial charge on any atom is -0.392 e. The second-order valence-electron chi connectivity index (χ2n) is 19.1. The third kappa shape index (κ3) is 13.7. The number of isocyanates is 1. The first-order valence-corrected chi connectivity index (χ1v) is 26.2. The van der Waals surface area contributed by atoms with E-state index in [4.69, 9.17) is 46.4 Å². The fraction of sp³-hybridized carbons (Fsp3) is 0.444. The Morgan fingerprint density at radius 3 is 1.61 bits per heavy atom. The van der Waals surface area contributed by atoms with Crippen LogP contribution in [-0.4, -0.2) is 125 Å². The first kappa shape index (κ1) is 51.9. The number of anilines is 1. The molecule has 4 fully saturated rings. The lowest BCUT2D eigenvalue weighted by atomic mass is 9.87. The number of hydrogen-bond acceptors (Lipinski definition) is 8. The summed E-state index contributed by atoms with van der Waals surface area (Å²) in [6.07, 6.45) is 13.7. The highest BCUT2D eigenvalue weighted by atomic mass is 35.5. The first-order chi connectivity index (χ1) is 34.0. The number of aromatic amines is 2. The second kappa shape index (κ2) is 25.3. The molecule has 6 N–H and O–H groups in total. The fourth-order valence-electron chi connectivity index (χ4n) is 10.6. The number of aliphatic hydroxyl groups is 2. The van der Waals surface area contributed by atoms with E-state index in [1.807, 2.05) is 0 Å². The van der Waals surface area contributed by atoms with E-state index in [-0.39, 0.29) is 24.2 Å². The van der Waals surface area contributed by atoms with E-state index < -0.39 is 0 Å². The molecule has 4 saturated heterocycles. The topological polar surface area (TPSA) is 152 Å². The Morgan fingerprint density at radius 1 is 0.629 bits per heavy atom. The quantitative estimate of drug-likeness (QED) is 0.0590. The van der Waals surface area contributed by atoms with Crippen LogP contribution in [0.4, 0.5) is 16.2 Å². The summed E-state index contributed by atoms with van der Waals surface area (Å²) < 4.78 is 0. The van der Waals surface area contributed by atoms with E-state index in [0.717, 1.165) is 84.3 Å². The number of halogens is 4. The Bertz CT molecular complexity index is 2680. The lowest BCUT2D eigenvalue weighted by Gasteiger charge is -2.38. The number of benzene rings is 4. The third-order valence-corrected chi connectivity index (χ3v) is 16.2. The summed E-state index contributed by atoms with van der Waals surface area (Å²) in [6.45, 7) is 9.17. The number of amides is 2. The van der Waals surface area contributed by atoms with Crippen molar-refractivity contribution in [2.45, 2.75) is 75.4 Å². The summed E-state index contributed by atoms with van der Waals surface area (Å²) in [5, 5.41) is 32.2. The number of aromatic nitrogens is 2. The number of aliphatic hydroxyl groups excluding tert-OH is 2. The van der Waals surface area contributed by atoms with Crippen molar-refractivity contribution in [2.24, 2.45) is 16.8 Å². The normalized spacial score (nSPS) is 18.9. The molecule has 0 bridgehead atoms. The van der Waals surface area contributed by atoms with Crippen LogP contribution in [0.2, 0.25) is 20.1 Å². The lowest BCUT2D eigenvalue weighted by molar-refractivity contribution is 0.0315. The monoisotopic (exact) mass is 1030 g/mol. The number of para-hydroxylation sites is 2. The molecular weight excluding hydrogens is 966 g/mol. The molecule has 2 aromatic heterocycles. The minimum absolute atomic E-state index is 0.143. The Balaban J connectivity index is 0.000000162. The predicted octanol–water partition coefficient (Wildman–Crippen LogP) is 11.6. The fourth-order valence-corrected chi connectivity index (χ4v) is 11.2. The molecule has 0 aliphatic carbocycles. The number of carbonyl (C=O) groups excluding carboxylic acids is 2. The van der Waals surface area contributed by atoms with Gasteiger partial charge in [-0.15, -0.1) is 0 Å². The summed E-state index contributed by atoms with van der Waals surface area (Å²) in [5.41, 5.74) is 6.43. The smallest absolute Gasteiger partial charge is 0.321 e. The number of piperidine rings is 4. The van der Waals surface area contributed by atoms with Crippen molar-refractivity contribution in [3.05, 3.63) is 129 Å². The van der Waals surface area contributed by atoms with E-state index >= 15 is 0 Å². The van der Waals surface area contributed by atoms with E-state index in [2.05, 4.69) is 96.3 Å². The highest BCUT2D eigenvalue weighted by Crippen LogP contribution is 2.36. The van der Waals surface area contributed by atoms with Crippen LogP contribution in [0, 0.1) is 11.8 Å². The number of H-pyrrole nitrogens is 2. The predicted molar refractivity (Wildman–Crippen MR) is 285 cm³/mol. The molecule has 0 spiro atoms. The molecule has 2 atom stereocenters. The Morgan fingerprint density at radius 2 is 1.11 bits per heavy atom. The molecule has 70 heavy (non-hydrogen) atoms.